The highest BCUT2D eigenvalue weighted by atomic mass is 16.3. The van der Waals surface area contributed by atoms with Crippen LogP contribution in [0.3, 0.4) is 0 Å². The summed E-state index contributed by atoms with van der Waals surface area (Å²) in [5, 5.41) is 8.06. The van der Waals surface area contributed by atoms with Gasteiger partial charge in [-0.15, -0.1) is 0 Å². The van der Waals surface area contributed by atoms with E-state index in [1.807, 2.05) is 0 Å². The summed E-state index contributed by atoms with van der Waals surface area (Å²) in [6.45, 7) is 6.50. The fourth-order valence-corrected chi connectivity index (χ4v) is 0. The standard InChI is InChI=1S/C3H8O.C3H6O.H2/c2*1-3(2)4;/h3-4H,1-2H3;1-2H3;1H. The summed E-state index contributed by atoms with van der Waals surface area (Å²) in [6.07, 6.45) is -0.167. The van der Waals surface area contributed by atoms with E-state index in [-0.39, 0.29) is 13.3 Å². The quantitative estimate of drug-likeness (QED) is 0.522. The van der Waals surface area contributed by atoms with Crippen molar-refractivity contribution in [3.05, 3.63) is 0 Å². The van der Waals surface area contributed by atoms with Crippen LogP contribution in [0.1, 0.15) is 29.1 Å². The van der Waals surface area contributed by atoms with Crippen LogP contribution in [0.25, 0.3) is 0 Å². The van der Waals surface area contributed by atoms with Gasteiger partial charge in [0.1, 0.15) is 5.78 Å². The van der Waals surface area contributed by atoms with Gasteiger partial charge in [0, 0.05) is 7.53 Å². The monoisotopic (exact) mass is 120 g/mol. The summed E-state index contributed by atoms with van der Waals surface area (Å²) < 4.78 is 0. The normalized spacial score (nSPS) is 7.75. The van der Waals surface area contributed by atoms with Crippen molar-refractivity contribution in [3.8, 4) is 0 Å². The van der Waals surface area contributed by atoms with Gasteiger partial charge in [-0.25, -0.2) is 0 Å². The molecule has 0 amide bonds. The lowest BCUT2D eigenvalue weighted by Crippen LogP contribution is -1.85. The van der Waals surface area contributed by atoms with Crippen LogP contribution < -0.4 is 0 Å². The molecule has 0 heterocycles. The van der Waals surface area contributed by atoms with Crippen LogP contribution in [-0.4, -0.2) is 17.0 Å². The number of hydrogen-bond donors (Lipinski definition) is 1. The molecule has 0 spiro atoms. The zero-order valence-corrected chi connectivity index (χ0v) is 5.93. The molecule has 0 aliphatic rings. The topological polar surface area (TPSA) is 37.3 Å². The average Bonchev–Trinajstić information content (AvgIpc) is 1.25. The summed E-state index contributed by atoms with van der Waals surface area (Å²) >= 11 is 0. The molecule has 52 valence electrons. The second kappa shape index (κ2) is 6.63. The molecule has 0 fully saturated rings. The predicted octanol–water partition coefficient (Wildman–Crippen LogP) is 1.23. The van der Waals surface area contributed by atoms with Crippen molar-refractivity contribution in [1.29, 1.82) is 0 Å². The third-order valence-corrected chi connectivity index (χ3v) is 0. The van der Waals surface area contributed by atoms with Gasteiger partial charge in [-0.05, 0) is 27.7 Å². The Morgan fingerprint density at radius 1 is 1.50 bits per heavy atom. The first-order valence-electron chi connectivity index (χ1n) is 2.62. The fraction of sp³-hybridized carbons (Fsp3) is 0.833. The number of carbonyl (C=O) groups excluding carboxylic acids is 1. The molecule has 2 nitrogen and oxygen atoms in total. The van der Waals surface area contributed by atoms with E-state index in [9.17, 15) is 4.79 Å². The van der Waals surface area contributed by atoms with Gasteiger partial charge < -0.3 is 9.90 Å². The smallest absolute Gasteiger partial charge is 0.126 e. The maximum absolute atomic E-state index is 9.44. The number of rotatable bonds is 0. The predicted molar refractivity (Wildman–Crippen MR) is 35.8 cm³/mol. The van der Waals surface area contributed by atoms with Crippen LogP contribution in [-0.2, 0) is 4.79 Å². The first-order chi connectivity index (χ1) is 3.46. The van der Waals surface area contributed by atoms with Crippen molar-refractivity contribution in [2.24, 2.45) is 0 Å². The Labute approximate surface area is 52.0 Å². The van der Waals surface area contributed by atoms with Gasteiger partial charge in [-0.3, -0.25) is 0 Å². The van der Waals surface area contributed by atoms with Crippen molar-refractivity contribution >= 4 is 5.78 Å². The molecule has 0 aromatic carbocycles. The van der Waals surface area contributed by atoms with E-state index < -0.39 is 0 Å². The molecule has 0 unspecified atom stereocenters. The van der Waals surface area contributed by atoms with Crippen LogP contribution in [0.5, 0.6) is 0 Å². The van der Waals surface area contributed by atoms with Crippen LogP contribution in [0, 0.1) is 0 Å². The lowest BCUT2D eigenvalue weighted by atomic mass is 10.5. The molecule has 0 aliphatic carbocycles. The van der Waals surface area contributed by atoms with Crippen molar-refractivity contribution in [2.75, 3.05) is 0 Å². The van der Waals surface area contributed by atoms with Gasteiger partial charge >= 0.3 is 0 Å². The number of carbonyl (C=O) groups is 1. The number of ketones is 1. The molecule has 0 aromatic rings. The molecule has 0 aromatic heterocycles. The summed E-state index contributed by atoms with van der Waals surface area (Å²) in [5.41, 5.74) is 0. The fourth-order valence-electron chi connectivity index (χ4n) is 0. The molecule has 0 radical (unpaired) electrons. The van der Waals surface area contributed by atoms with Crippen LogP contribution in [0.2, 0.25) is 0 Å². The number of aliphatic hydroxyl groups excluding tert-OH is 1. The van der Waals surface area contributed by atoms with E-state index in [2.05, 4.69) is 0 Å². The zero-order chi connectivity index (χ0) is 7.15. The average molecular weight is 120 g/mol. The minimum Gasteiger partial charge on any atom is -0.394 e. The van der Waals surface area contributed by atoms with Gasteiger partial charge in [0.25, 0.3) is 0 Å². The van der Waals surface area contributed by atoms with E-state index >= 15 is 0 Å². The molecular formula is C6H16O2. The second-order valence-electron chi connectivity index (χ2n) is 2.00. The van der Waals surface area contributed by atoms with Gasteiger partial charge in [-0.2, -0.15) is 0 Å². The van der Waals surface area contributed by atoms with Gasteiger partial charge in [0.15, 0.2) is 0 Å². The number of Topliss-reactive ketones (excluding diaryl/α,β-unsaturated/α-hetero) is 1. The maximum atomic E-state index is 9.44. The third kappa shape index (κ3) is 882. The lowest BCUT2D eigenvalue weighted by molar-refractivity contribution is -0.114. The van der Waals surface area contributed by atoms with E-state index in [1.165, 1.54) is 13.8 Å². The van der Waals surface area contributed by atoms with Crippen molar-refractivity contribution in [2.45, 2.75) is 33.8 Å². The Morgan fingerprint density at radius 2 is 1.50 bits per heavy atom. The molecule has 0 bridgehead atoms. The molecule has 1 N–H and O–H groups in total. The van der Waals surface area contributed by atoms with Crippen LogP contribution >= 0.6 is 0 Å². The lowest BCUT2D eigenvalue weighted by Gasteiger charge is -1.80. The van der Waals surface area contributed by atoms with Crippen LogP contribution in [0.15, 0.2) is 0 Å². The van der Waals surface area contributed by atoms with E-state index in [0.29, 0.717) is 0 Å². The Hall–Kier alpha value is -0.370. The van der Waals surface area contributed by atoms with Gasteiger partial charge in [0.05, 0.1) is 0 Å². The van der Waals surface area contributed by atoms with Gasteiger partial charge in [-0.1, -0.05) is 0 Å². The summed E-state index contributed by atoms with van der Waals surface area (Å²) in [7, 11) is 0. The molecule has 0 aliphatic heterocycles. The molecule has 0 rings (SSSR count). The first kappa shape index (κ1) is 10.6. The molecular weight excluding hydrogens is 104 g/mol. The van der Waals surface area contributed by atoms with E-state index in [4.69, 9.17) is 5.11 Å². The minimum absolute atomic E-state index is 0. The second-order valence-corrected chi connectivity index (χ2v) is 2.00. The Balaban J connectivity index is -0.0000000720. The molecule has 2 heteroatoms. The van der Waals surface area contributed by atoms with Crippen molar-refractivity contribution in [3.63, 3.8) is 0 Å². The zero-order valence-electron chi connectivity index (χ0n) is 5.93. The molecule has 8 heavy (non-hydrogen) atoms. The van der Waals surface area contributed by atoms with Crippen LogP contribution in [0.4, 0.5) is 0 Å². The highest BCUT2D eigenvalue weighted by molar-refractivity contribution is 5.72. The summed E-state index contributed by atoms with van der Waals surface area (Å²) in [4.78, 5) is 9.44. The van der Waals surface area contributed by atoms with Crippen molar-refractivity contribution in [1.82, 2.24) is 0 Å². The highest BCUT2D eigenvalue weighted by Crippen LogP contribution is 1.65. The number of aliphatic hydroxyl groups is 1. The number of hydrogen-bond acceptors (Lipinski definition) is 2. The molecule has 0 saturated carbocycles. The Bertz CT molecular complexity index is 55.3. The van der Waals surface area contributed by atoms with E-state index in [1.54, 1.807) is 13.8 Å². The molecule has 0 atom stereocenters. The minimum atomic E-state index is -0.167. The molecule has 0 saturated heterocycles. The Morgan fingerprint density at radius 3 is 1.50 bits per heavy atom. The maximum Gasteiger partial charge on any atom is 0.126 e. The Kier molecular flexibility index (Phi) is 8.77. The third-order valence-electron chi connectivity index (χ3n) is 0. The summed E-state index contributed by atoms with van der Waals surface area (Å²) in [5.74, 6) is 0.167. The summed E-state index contributed by atoms with van der Waals surface area (Å²) in [6, 6.07) is 0. The SMILES string of the molecule is CC(C)=O.CC(C)O.[HH]. The first-order valence-corrected chi connectivity index (χ1v) is 2.62. The largest absolute Gasteiger partial charge is 0.394 e. The highest BCUT2D eigenvalue weighted by Gasteiger charge is 1.69. The van der Waals surface area contributed by atoms with E-state index in [0.717, 1.165) is 0 Å². The van der Waals surface area contributed by atoms with Gasteiger partial charge in [0.2, 0.25) is 0 Å². The van der Waals surface area contributed by atoms with Crippen molar-refractivity contribution < 1.29 is 11.3 Å².